The Hall–Kier alpha value is -4.94. The third-order valence-corrected chi connectivity index (χ3v) is 13.0. The highest BCUT2D eigenvalue weighted by Gasteiger charge is 2.49. The van der Waals surface area contributed by atoms with Gasteiger partial charge in [-0.15, -0.1) is 0 Å². The summed E-state index contributed by atoms with van der Waals surface area (Å²) in [5, 5.41) is 37.1. The van der Waals surface area contributed by atoms with E-state index in [-0.39, 0.29) is 0 Å². The van der Waals surface area contributed by atoms with E-state index in [4.69, 9.17) is 0 Å². The molecule has 0 nitrogen and oxygen atoms in total. The van der Waals surface area contributed by atoms with Gasteiger partial charge in [-0.2, -0.15) is 0 Å². The Balaban J connectivity index is 1.55. The maximum Gasteiger partial charge on any atom is 0.0218 e. The van der Waals surface area contributed by atoms with Crippen LogP contribution in [0.1, 0.15) is 23.0 Å². The summed E-state index contributed by atoms with van der Waals surface area (Å²) < 4.78 is 0. The van der Waals surface area contributed by atoms with Crippen molar-refractivity contribution in [3.8, 4) is 0 Å². The summed E-state index contributed by atoms with van der Waals surface area (Å²) in [6, 6.07) is 19.8. The van der Waals surface area contributed by atoms with Gasteiger partial charge in [-0.25, -0.2) is 0 Å². The largest absolute Gasteiger partial charge is 0.0574 e. The van der Waals surface area contributed by atoms with Gasteiger partial charge in [-0.1, -0.05) is 60.7 Å². The SMILES string of the molecule is C1=CC2=c3ccc4c5ccc6c7ccc8c9ccc%10c%11c%12c%13c%14c(c3c4c3c5c6c4c7c8c(c%119)c%13c4c%143)C2C%12C=%101. The van der Waals surface area contributed by atoms with Crippen molar-refractivity contribution >= 4 is 130 Å². The molecule has 0 N–H and O–H groups in total. The van der Waals surface area contributed by atoms with Crippen LogP contribution in [0.15, 0.2) is 60.7 Å². The summed E-state index contributed by atoms with van der Waals surface area (Å²) in [5.74, 6) is 0.910. The average molecular weight is 493 g/mol. The first kappa shape index (κ1) is 16.2. The molecule has 12 aromatic carbocycles. The summed E-state index contributed by atoms with van der Waals surface area (Å²) in [5.41, 5.74) is 6.50. The second kappa shape index (κ2) is 4.12. The molecule has 0 heterocycles. The molecule has 0 aliphatic heterocycles. The van der Waals surface area contributed by atoms with Crippen molar-refractivity contribution in [2.75, 3.05) is 0 Å². The van der Waals surface area contributed by atoms with Gasteiger partial charge in [0.1, 0.15) is 0 Å². The van der Waals surface area contributed by atoms with Crippen LogP contribution in [0.3, 0.4) is 0 Å². The van der Waals surface area contributed by atoms with Crippen LogP contribution in [0.25, 0.3) is 130 Å². The molecular weight excluding hydrogens is 480 g/mol. The van der Waals surface area contributed by atoms with E-state index in [1.165, 1.54) is 42.8 Å². The molecule has 12 aromatic rings. The Morgan fingerprint density at radius 1 is 0.275 bits per heavy atom. The summed E-state index contributed by atoms with van der Waals surface area (Å²) in [7, 11) is 0. The third-order valence-electron chi connectivity index (χ3n) is 13.0. The minimum atomic E-state index is 0.455. The van der Waals surface area contributed by atoms with Crippen LogP contribution in [0.5, 0.6) is 0 Å². The van der Waals surface area contributed by atoms with Gasteiger partial charge >= 0.3 is 0 Å². The highest BCUT2D eigenvalue weighted by Crippen LogP contribution is 2.69. The molecule has 0 spiro atoms. The summed E-state index contributed by atoms with van der Waals surface area (Å²) >= 11 is 0. The van der Waals surface area contributed by atoms with E-state index in [0.717, 1.165) is 0 Å². The summed E-state index contributed by atoms with van der Waals surface area (Å²) in [6.07, 6.45) is 5.02. The van der Waals surface area contributed by atoms with Gasteiger partial charge in [-0.3, -0.25) is 0 Å². The van der Waals surface area contributed by atoms with Crippen molar-refractivity contribution in [1.29, 1.82) is 0 Å². The van der Waals surface area contributed by atoms with Crippen LogP contribution in [-0.4, -0.2) is 0 Å². The van der Waals surface area contributed by atoms with E-state index in [1.807, 2.05) is 0 Å². The lowest BCUT2D eigenvalue weighted by Gasteiger charge is -2.33. The fourth-order valence-electron chi connectivity index (χ4n) is 12.2. The Morgan fingerprint density at radius 2 is 0.575 bits per heavy atom. The number of benzene rings is 8. The van der Waals surface area contributed by atoms with E-state index < -0.39 is 0 Å². The molecule has 172 valence electrons. The van der Waals surface area contributed by atoms with Gasteiger partial charge in [0.05, 0.1) is 0 Å². The molecular formula is C40H12. The normalized spacial score (nSPS) is 21.3. The quantitative estimate of drug-likeness (QED) is 0.185. The lowest BCUT2D eigenvalue weighted by atomic mass is 9.68. The fourth-order valence-corrected chi connectivity index (χ4v) is 12.2. The standard InChI is InChI=1S/C40H12/c1-2-12-14-5-6-16-18-9-10-20-19-8-7-17-15-4-3-13-11(1)21-22(12)32-24(14)26(16)34-29(18)30(20)35-28(19)27(17)33-25(15)23(13)31(21)36-37(32)39(34)40(35)38(33)36/h1-10,21-22H. The van der Waals surface area contributed by atoms with E-state index >= 15 is 0 Å². The Bertz CT molecular complexity index is 3230. The summed E-state index contributed by atoms with van der Waals surface area (Å²) in [4.78, 5) is 0. The average Bonchev–Trinajstić information content (AvgIpc) is 3.79. The van der Waals surface area contributed by atoms with Crippen LogP contribution in [0, 0.1) is 0 Å². The number of rotatable bonds is 0. The predicted octanol–water partition coefficient (Wildman–Crippen LogP) is 8.95. The van der Waals surface area contributed by atoms with E-state index in [2.05, 4.69) is 60.7 Å². The molecule has 4 aliphatic carbocycles. The molecule has 0 saturated carbocycles. The third kappa shape index (κ3) is 1.05. The van der Waals surface area contributed by atoms with Crippen LogP contribution in [0.4, 0.5) is 0 Å². The second-order valence-electron chi connectivity index (χ2n) is 13.7. The van der Waals surface area contributed by atoms with Crippen LogP contribution in [0.2, 0.25) is 0 Å². The number of allylic oxidation sites excluding steroid dienone is 2. The molecule has 2 unspecified atom stereocenters. The second-order valence-corrected chi connectivity index (χ2v) is 13.7. The van der Waals surface area contributed by atoms with Crippen molar-refractivity contribution in [1.82, 2.24) is 0 Å². The number of fused-ring (bicyclic) bond motifs is 3. The fraction of sp³-hybridized carbons (Fsp3) is 0.0500. The summed E-state index contributed by atoms with van der Waals surface area (Å²) in [6.45, 7) is 0. The lowest BCUT2D eigenvalue weighted by Crippen LogP contribution is -2.18. The first-order valence-electron chi connectivity index (χ1n) is 14.8. The molecule has 0 amide bonds. The maximum absolute atomic E-state index is 2.51. The Morgan fingerprint density at radius 3 is 0.975 bits per heavy atom. The van der Waals surface area contributed by atoms with Crippen LogP contribution < -0.4 is 10.4 Å². The van der Waals surface area contributed by atoms with Crippen molar-refractivity contribution in [3.05, 3.63) is 82.2 Å². The molecule has 2 atom stereocenters. The first-order valence-corrected chi connectivity index (χ1v) is 14.8. The van der Waals surface area contributed by atoms with E-state index in [9.17, 15) is 0 Å². The minimum Gasteiger partial charge on any atom is -0.0574 e. The van der Waals surface area contributed by atoms with Crippen molar-refractivity contribution < 1.29 is 0 Å². The monoisotopic (exact) mass is 492 g/mol. The smallest absolute Gasteiger partial charge is 0.0218 e. The molecule has 0 aromatic heterocycles. The predicted molar refractivity (Wildman–Crippen MR) is 169 cm³/mol. The van der Waals surface area contributed by atoms with Gasteiger partial charge in [0.2, 0.25) is 0 Å². The molecule has 4 aliphatic rings. The highest BCUT2D eigenvalue weighted by molar-refractivity contribution is 6.64. The number of hydrogen-bond donors (Lipinski definition) is 0. The zero-order valence-electron chi connectivity index (χ0n) is 20.9. The van der Waals surface area contributed by atoms with Gasteiger partial charge in [0, 0.05) is 11.8 Å². The van der Waals surface area contributed by atoms with Crippen molar-refractivity contribution in [3.63, 3.8) is 0 Å². The van der Waals surface area contributed by atoms with Gasteiger partial charge in [0.15, 0.2) is 0 Å². The Kier molecular flexibility index (Phi) is 1.67. The first-order chi connectivity index (χ1) is 19.9. The molecule has 0 heteroatoms. The molecule has 0 radical (unpaired) electrons. The zero-order chi connectivity index (χ0) is 24.4. The molecule has 0 fully saturated rings. The minimum absolute atomic E-state index is 0.455. The highest BCUT2D eigenvalue weighted by atomic mass is 14.5. The van der Waals surface area contributed by atoms with Crippen LogP contribution in [-0.2, 0) is 0 Å². The molecule has 0 bridgehead atoms. The molecule has 16 rings (SSSR count). The Labute approximate surface area is 223 Å². The van der Waals surface area contributed by atoms with Gasteiger partial charge in [-0.05, 0) is 151 Å². The number of hydrogen-bond acceptors (Lipinski definition) is 0. The topological polar surface area (TPSA) is 0 Å². The maximum atomic E-state index is 2.51. The van der Waals surface area contributed by atoms with Gasteiger partial charge < -0.3 is 0 Å². The zero-order valence-corrected chi connectivity index (χ0v) is 20.9. The van der Waals surface area contributed by atoms with Gasteiger partial charge in [0.25, 0.3) is 0 Å². The van der Waals surface area contributed by atoms with E-state index in [0.29, 0.717) is 11.8 Å². The van der Waals surface area contributed by atoms with E-state index in [1.54, 1.807) is 108 Å². The van der Waals surface area contributed by atoms with Crippen molar-refractivity contribution in [2.24, 2.45) is 0 Å². The lowest BCUT2D eigenvalue weighted by molar-refractivity contribution is 0.795. The molecule has 40 heavy (non-hydrogen) atoms. The van der Waals surface area contributed by atoms with Crippen LogP contribution >= 0.6 is 0 Å². The van der Waals surface area contributed by atoms with Crippen molar-refractivity contribution in [2.45, 2.75) is 11.8 Å². The molecule has 0 saturated heterocycles.